The minimum absolute atomic E-state index is 0.0255. The second-order valence-corrected chi connectivity index (χ2v) is 8.83. The highest BCUT2D eigenvalue weighted by Gasteiger charge is 2.26. The molecule has 0 unspecified atom stereocenters. The first kappa shape index (κ1) is 23.7. The molecule has 0 spiro atoms. The molecule has 0 aliphatic heterocycles. The van der Waals surface area contributed by atoms with Gasteiger partial charge in [0.05, 0.1) is 17.7 Å². The lowest BCUT2D eigenvalue weighted by Crippen LogP contribution is -2.35. The van der Waals surface area contributed by atoms with Gasteiger partial charge in [-0.3, -0.25) is 9.10 Å². The Bertz CT molecular complexity index is 943. The van der Waals surface area contributed by atoms with Gasteiger partial charge in [-0.05, 0) is 67.8 Å². The summed E-state index contributed by atoms with van der Waals surface area (Å²) in [4.78, 5) is 12.4. The maximum Gasteiger partial charge on any atom is 0.264 e. The Morgan fingerprint density at radius 3 is 2.33 bits per heavy atom. The van der Waals surface area contributed by atoms with Gasteiger partial charge in [-0.25, -0.2) is 8.42 Å². The van der Waals surface area contributed by atoms with E-state index in [0.29, 0.717) is 31.0 Å². The molecule has 0 saturated heterocycles. The molecule has 0 aliphatic carbocycles. The number of carbonyl (C=O) groups is 1. The Hall–Kier alpha value is -2.58. The predicted octanol–water partition coefficient (Wildman–Crippen LogP) is 3.05. The third-order valence-electron chi connectivity index (χ3n) is 4.82. The smallest absolute Gasteiger partial charge is 0.264 e. The lowest BCUT2D eigenvalue weighted by molar-refractivity contribution is -0.120. The van der Waals surface area contributed by atoms with Crippen molar-refractivity contribution < 1.29 is 22.7 Å². The third-order valence-corrected chi connectivity index (χ3v) is 6.64. The molecule has 0 bridgehead atoms. The summed E-state index contributed by atoms with van der Waals surface area (Å²) in [6.45, 7) is 4.87. The number of aryl methyl sites for hydroxylation is 2. The SMILES string of the molecule is COCCCNC(=O)CCN(c1ccc(OC)cc1)S(=O)(=O)c1ccc(C)c(C)c1. The molecule has 8 heteroatoms. The summed E-state index contributed by atoms with van der Waals surface area (Å²) in [6, 6.07) is 11.8. The zero-order chi connectivity index (χ0) is 22.1. The largest absolute Gasteiger partial charge is 0.497 e. The summed E-state index contributed by atoms with van der Waals surface area (Å²) in [5.41, 5.74) is 2.38. The summed E-state index contributed by atoms with van der Waals surface area (Å²) in [6.07, 6.45) is 0.745. The number of carbonyl (C=O) groups excluding carboxylic acids is 1. The van der Waals surface area contributed by atoms with Gasteiger partial charge in [-0.15, -0.1) is 0 Å². The Kier molecular flexibility index (Phi) is 8.68. The van der Waals surface area contributed by atoms with Gasteiger partial charge in [0, 0.05) is 33.2 Å². The highest BCUT2D eigenvalue weighted by molar-refractivity contribution is 7.92. The molecular weight excluding hydrogens is 404 g/mol. The normalized spacial score (nSPS) is 11.2. The van der Waals surface area contributed by atoms with E-state index in [4.69, 9.17) is 9.47 Å². The quantitative estimate of drug-likeness (QED) is 0.550. The molecule has 2 aromatic carbocycles. The molecule has 0 radical (unpaired) electrons. The third kappa shape index (κ3) is 6.21. The van der Waals surface area contributed by atoms with Crippen LogP contribution in [0.4, 0.5) is 5.69 Å². The van der Waals surface area contributed by atoms with Crippen molar-refractivity contribution in [3.8, 4) is 5.75 Å². The van der Waals surface area contributed by atoms with Crippen LogP contribution in [0, 0.1) is 13.8 Å². The molecule has 7 nitrogen and oxygen atoms in total. The summed E-state index contributed by atoms with van der Waals surface area (Å²) in [5.74, 6) is 0.415. The average Bonchev–Trinajstić information content (AvgIpc) is 2.73. The lowest BCUT2D eigenvalue weighted by Gasteiger charge is -2.25. The molecule has 0 aliphatic rings. The van der Waals surface area contributed by atoms with Gasteiger partial charge in [0.25, 0.3) is 10.0 Å². The van der Waals surface area contributed by atoms with Gasteiger partial charge in [0.1, 0.15) is 5.75 Å². The summed E-state index contributed by atoms with van der Waals surface area (Å²) in [7, 11) is -0.694. The topological polar surface area (TPSA) is 84.9 Å². The number of amides is 1. The molecule has 0 aromatic heterocycles. The number of ether oxygens (including phenoxy) is 2. The van der Waals surface area contributed by atoms with E-state index in [0.717, 1.165) is 11.1 Å². The first-order valence-corrected chi connectivity index (χ1v) is 11.2. The van der Waals surface area contributed by atoms with Gasteiger partial charge >= 0.3 is 0 Å². The highest BCUT2D eigenvalue weighted by atomic mass is 32.2. The Morgan fingerprint density at radius 1 is 1.03 bits per heavy atom. The van der Waals surface area contributed by atoms with Crippen molar-refractivity contribution in [3.63, 3.8) is 0 Å². The number of nitrogens with zero attached hydrogens (tertiary/aromatic N) is 1. The molecule has 2 rings (SSSR count). The van der Waals surface area contributed by atoms with E-state index in [-0.39, 0.29) is 23.8 Å². The van der Waals surface area contributed by atoms with Crippen molar-refractivity contribution in [2.24, 2.45) is 0 Å². The van der Waals surface area contributed by atoms with E-state index in [9.17, 15) is 13.2 Å². The number of anilines is 1. The van der Waals surface area contributed by atoms with Crippen LogP contribution in [0.3, 0.4) is 0 Å². The number of methoxy groups -OCH3 is 2. The highest BCUT2D eigenvalue weighted by Crippen LogP contribution is 2.27. The van der Waals surface area contributed by atoms with Crippen LogP contribution in [0.15, 0.2) is 47.4 Å². The van der Waals surface area contributed by atoms with Crippen molar-refractivity contribution in [2.45, 2.75) is 31.6 Å². The van der Waals surface area contributed by atoms with Crippen LogP contribution in [0.2, 0.25) is 0 Å². The summed E-state index contributed by atoms with van der Waals surface area (Å²) < 4.78 is 38.2. The Labute approximate surface area is 179 Å². The van der Waals surface area contributed by atoms with Gasteiger partial charge in [0.2, 0.25) is 5.91 Å². The first-order chi connectivity index (χ1) is 14.3. The summed E-state index contributed by atoms with van der Waals surface area (Å²) >= 11 is 0. The van der Waals surface area contributed by atoms with Crippen LogP contribution in [0.5, 0.6) is 5.75 Å². The van der Waals surface area contributed by atoms with E-state index in [1.807, 2.05) is 13.8 Å². The van der Waals surface area contributed by atoms with Crippen LogP contribution in [-0.4, -0.2) is 48.2 Å². The van der Waals surface area contributed by atoms with Crippen LogP contribution in [0.25, 0.3) is 0 Å². The molecule has 1 amide bonds. The Balaban J connectivity index is 2.26. The minimum atomic E-state index is -3.85. The van der Waals surface area contributed by atoms with Crippen LogP contribution < -0.4 is 14.4 Å². The zero-order valence-electron chi connectivity index (χ0n) is 18.0. The van der Waals surface area contributed by atoms with Gasteiger partial charge in [-0.2, -0.15) is 0 Å². The number of rotatable bonds is 11. The maximum absolute atomic E-state index is 13.4. The second-order valence-electron chi connectivity index (χ2n) is 6.97. The predicted molar refractivity (Wildman–Crippen MR) is 118 cm³/mol. The molecule has 0 fully saturated rings. The monoisotopic (exact) mass is 434 g/mol. The van der Waals surface area contributed by atoms with Crippen LogP contribution in [0.1, 0.15) is 24.0 Å². The van der Waals surface area contributed by atoms with E-state index in [1.165, 1.54) is 4.31 Å². The van der Waals surface area contributed by atoms with E-state index in [2.05, 4.69) is 5.32 Å². The minimum Gasteiger partial charge on any atom is -0.497 e. The van der Waals surface area contributed by atoms with E-state index < -0.39 is 10.0 Å². The standard InChI is InChI=1S/C22H30N2O5S/c1-17-6-11-21(16-18(17)2)30(26,27)24(19-7-9-20(29-4)10-8-19)14-12-22(25)23-13-5-15-28-3/h6-11,16H,5,12-15H2,1-4H3,(H,23,25). The number of hydrogen-bond donors (Lipinski definition) is 1. The van der Waals surface area contributed by atoms with Crippen molar-refractivity contribution in [1.82, 2.24) is 5.32 Å². The van der Waals surface area contributed by atoms with E-state index >= 15 is 0 Å². The molecule has 164 valence electrons. The van der Waals surface area contributed by atoms with Crippen molar-refractivity contribution in [3.05, 3.63) is 53.6 Å². The number of hydrogen-bond acceptors (Lipinski definition) is 5. The van der Waals surface area contributed by atoms with Crippen LogP contribution >= 0.6 is 0 Å². The lowest BCUT2D eigenvalue weighted by atomic mass is 10.1. The van der Waals surface area contributed by atoms with Crippen molar-refractivity contribution in [2.75, 3.05) is 38.2 Å². The van der Waals surface area contributed by atoms with E-state index in [1.54, 1.807) is 56.7 Å². The van der Waals surface area contributed by atoms with Gasteiger partial charge in [0.15, 0.2) is 0 Å². The molecule has 0 heterocycles. The van der Waals surface area contributed by atoms with Crippen LogP contribution in [-0.2, 0) is 19.6 Å². The first-order valence-electron chi connectivity index (χ1n) is 9.79. The fourth-order valence-corrected chi connectivity index (χ4v) is 4.43. The molecule has 1 N–H and O–H groups in total. The zero-order valence-corrected chi connectivity index (χ0v) is 18.8. The Morgan fingerprint density at radius 2 is 1.73 bits per heavy atom. The number of nitrogens with one attached hydrogen (secondary N) is 1. The second kappa shape index (κ2) is 11.0. The maximum atomic E-state index is 13.4. The fraction of sp³-hybridized carbons (Fsp3) is 0.409. The molecule has 0 saturated carbocycles. The number of sulfonamides is 1. The molecule has 2 aromatic rings. The molecule has 30 heavy (non-hydrogen) atoms. The number of benzene rings is 2. The van der Waals surface area contributed by atoms with Crippen molar-refractivity contribution in [1.29, 1.82) is 0 Å². The van der Waals surface area contributed by atoms with Gasteiger partial charge < -0.3 is 14.8 Å². The summed E-state index contributed by atoms with van der Waals surface area (Å²) in [5, 5.41) is 2.79. The average molecular weight is 435 g/mol. The van der Waals surface area contributed by atoms with Crippen molar-refractivity contribution >= 4 is 21.6 Å². The fourth-order valence-electron chi connectivity index (χ4n) is 2.87. The van der Waals surface area contributed by atoms with Gasteiger partial charge in [-0.1, -0.05) is 6.07 Å². The molecular formula is C22H30N2O5S. The molecule has 0 atom stereocenters.